The second-order valence-corrected chi connectivity index (χ2v) is 6.48. The van der Waals surface area contributed by atoms with E-state index in [0.717, 1.165) is 23.0 Å². The standard InChI is InChI=1S/C17H23N5O3S/c1-4-13(15(24)19-12-9-7-6-8-11(12)3)22-16(18)20-21-17(22)26-10-14(23)25-5-2/h6-9,13H,4-5,10H2,1-3H3,(H2,18,20)(H,19,24). The zero-order valence-corrected chi connectivity index (χ0v) is 15.9. The summed E-state index contributed by atoms with van der Waals surface area (Å²) in [6, 6.07) is 6.94. The van der Waals surface area contributed by atoms with Gasteiger partial charge in [-0.2, -0.15) is 0 Å². The van der Waals surface area contributed by atoms with Crippen molar-refractivity contribution >= 4 is 35.3 Å². The van der Waals surface area contributed by atoms with Gasteiger partial charge in [0.1, 0.15) is 6.04 Å². The van der Waals surface area contributed by atoms with Crippen molar-refractivity contribution in [1.29, 1.82) is 0 Å². The lowest BCUT2D eigenvalue weighted by atomic mass is 10.1. The predicted molar refractivity (Wildman–Crippen MR) is 101 cm³/mol. The van der Waals surface area contributed by atoms with Crippen LogP contribution in [0.3, 0.4) is 0 Å². The molecule has 9 heteroatoms. The molecule has 1 heterocycles. The average molecular weight is 377 g/mol. The van der Waals surface area contributed by atoms with E-state index in [-0.39, 0.29) is 23.6 Å². The van der Waals surface area contributed by atoms with Crippen LogP contribution < -0.4 is 11.1 Å². The minimum absolute atomic E-state index is 0.0713. The Labute approximate surface area is 156 Å². The van der Waals surface area contributed by atoms with Gasteiger partial charge in [-0.1, -0.05) is 36.9 Å². The molecule has 26 heavy (non-hydrogen) atoms. The smallest absolute Gasteiger partial charge is 0.316 e. The number of aryl methyl sites for hydroxylation is 1. The lowest BCUT2D eigenvalue weighted by molar-refractivity contribution is -0.139. The third-order valence-corrected chi connectivity index (χ3v) is 4.64. The van der Waals surface area contributed by atoms with Crippen LogP contribution in [-0.4, -0.2) is 39.0 Å². The van der Waals surface area contributed by atoms with Crippen molar-refractivity contribution in [2.75, 3.05) is 23.4 Å². The number of carbonyl (C=O) groups excluding carboxylic acids is 2. The fraction of sp³-hybridized carbons (Fsp3) is 0.412. The lowest BCUT2D eigenvalue weighted by Crippen LogP contribution is -2.27. The van der Waals surface area contributed by atoms with Crippen LogP contribution >= 0.6 is 11.8 Å². The summed E-state index contributed by atoms with van der Waals surface area (Å²) >= 11 is 1.14. The van der Waals surface area contributed by atoms with Crippen LogP contribution in [0.15, 0.2) is 29.4 Å². The number of nitrogens with two attached hydrogens (primary N) is 1. The molecule has 0 aliphatic rings. The number of para-hydroxylation sites is 1. The highest BCUT2D eigenvalue weighted by molar-refractivity contribution is 7.99. The van der Waals surface area contributed by atoms with Gasteiger partial charge in [0, 0.05) is 5.69 Å². The van der Waals surface area contributed by atoms with Crippen molar-refractivity contribution in [2.45, 2.75) is 38.4 Å². The Morgan fingerprint density at radius 3 is 2.69 bits per heavy atom. The van der Waals surface area contributed by atoms with Crippen molar-refractivity contribution in [3.63, 3.8) is 0 Å². The van der Waals surface area contributed by atoms with E-state index in [4.69, 9.17) is 10.5 Å². The maximum Gasteiger partial charge on any atom is 0.316 e. The monoisotopic (exact) mass is 377 g/mol. The third-order valence-electron chi connectivity index (χ3n) is 3.72. The van der Waals surface area contributed by atoms with Crippen LogP contribution in [0.1, 0.15) is 31.9 Å². The van der Waals surface area contributed by atoms with Crippen LogP contribution in [0.4, 0.5) is 11.6 Å². The summed E-state index contributed by atoms with van der Waals surface area (Å²) in [6.07, 6.45) is 0.493. The lowest BCUT2D eigenvalue weighted by Gasteiger charge is -2.19. The Kier molecular flexibility index (Phi) is 7.02. The Morgan fingerprint density at radius 2 is 2.04 bits per heavy atom. The summed E-state index contributed by atoms with van der Waals surface area (Å²) in [7, 11) is 0. The van der Waals surface area contributed by atoms with Gasteiger partial charge in [0.2, 0.25) is 11.9 Å². The topological polar surface area (TPSA) is 112 Å². The number of nitrogens with one attached hydrogen (secondary N) is 1. The van der Waals surface area contributed by atoms with Crippen molar-refractivity contribution < 1.29 is 14.3 Å². The van der Waals surface area contributed by atoms with E-state index in [1.54, 1.807) is 11.5 Å². The van der Waals surface area contributed by atoms with Gasteiger partial charge >= 0.3 is 5.97 Å². The van der Waals surface area contributed by atoms with E-state index in [0.29, 0.717) is 18.2 Å². The molecule has 1 aromatic heterocycles. The molecule has 1 unspecified atom stereocenters. The van der Waals surface area contributed by atoms with E-state index in [1.807, 2.05) is 38.1 Å². The number of esters is 1. The number of nitrogens with zero attached hydrogens (tertiary/aromatic N) is 3. The molecule has 0 radical (unpaired) electrons. The maximum atomic E-state index is 12.8. The highest BCUT2D eigenvalue weighted by Crippen LogP contribution is 2.26. The molecule has 140 valence electrons. The molecular weight excluding hydrogens is 354 g/mol. The van der Waals surface area contributed by atoms with Crippen LogP contribution in [0.25, 0.3) is 0 Å². The summed E-state index contributed by atoms with van der Waals surface area (Å²) in [5.74, 6) is -0.376. The first-order valence-corrected chi connectivity index (χ1v) is 9.31. The normalized spacial score (nSPS) is 11.8. The second-order valence-electron chi connectivity index (χ2n) is 5.53. The molecule has 2 aromatic rings. The van der Waals surface area contributed by atoms with E-state index in [9.17, 15) is 9.59 Å². The molecular formula is C17H23N5O3S. The SMILES string of the molecule is CCOC(=O)CSc1nnc(N)n1C(CC)C(=O)Nc1ccccc1C. The molecule has 1 amide bonds. The van der Waals surface area contributed by atoms with Gasteiger partial charge in [0.25, 0.3) is 0 Å². The van der Waals surface area contributed by atoms with E-state index in [2.05, 4.69) is 15.5 Å². The highest BCUT2D eigenvalue weighted by Gasteiger charge is 2.25. The molecule has 2 rings (SSSR count). The van der Waals surface area contributed by atoms with Gasteiger partial charge in [-0.25, -0.2) is 0 Å². The Bertz CT molecular complexity index is 778. The minimum Gasteiger partial charge on any atom is -0.465 e. The fourth-order valence-corrected chi connectivity index (χ4v) is 3.21. The summed E-state index contributed by atoms with van der Waals surface area (Å²) in [4.78, 5) is 24.4. The number of rotatable bonds is 8. The van der Waals surface area contributed by atoms with Crippen LogP contribution in [0.2, 0.25) is 0 Å². The fourth-order valence-electron chi connectivity index (χ4n) is 2.42. The molecule has 0 saturated heterocycles. The predicted octanol–water partition coefficient (Wildman–Crippen LogP) is 2.41. The van der Waals surface area contributed by atoms with Gasteiger partial charge in [0.05, 0.1) is 12.4 Å². The minimum atomic E-state index is -0.589. The molecule has 0 spiro atoms. The number of hydrogen-bond donors (Lipinski definition) is 2. The van der Waals surface area contributed by atoms with E-state index >= 15 is 0 Å². The quantitative estimate of drug-likeness (QED) is 0.536. The zero-order chi connectivity index (χ0) is 19.1. The molecule has 1 aromatic carbocycles. The molecule has 0 aliphatic carbocycles. The molecule has 1 atom stereocenters. The first-order chi connectivity index (χ1) is 12.5. The third kappa shape index (κ3) is 4.75. The summed E-state index contributed by atoms with van der Waals surface area (Å²) < 4.78 is 6.46. The summed E-state index contributed by atoms with van der Waals surface area (Å²) in [5.41, 5.74) is 7.63. The number of carbonyl (C=O) groups is 2. The second kappa shape index (κ2) is 9.23. The van der Waals surface area contributed by atoms with Crippen molar-refractivity contribution in [3.8, 4) is 0 Å². The van der Waals surface area contributed by atoms with Crippen LogP contribution in [0, 0.1) is 6.92 Å². The summed E-state index contributed by atoms with van der Waals surface area (Å²) in [6.45, 7) is 5.85. The van der Waals surface area contributed by atoms with Gasteiger partial charge in [-0.15, -0.1) is 10.2 Å². The van der Waals surface area contributed by atoms with Gasteiger partial charge in [-0.05, 0) is 31.9 Å². The Balaban J connectivity index is 2.18. The Hall–Kier alpha value is -2.55. The summed E-state index contributed by atoms with van der Waals surface area (Å²) in [5, 5.41) is 11.2. The zero-order valence-electron chi connectivity index (χ0n) is 15.1. The van der Waals surface area contributed by atoms with E-state index < -0.39 is 6.04 Å². The number of amides is 1. The number of hydrogen-bond acceptors (Lipinski definition) is 7. The molecule has 8 nitrogen and oxygen atoms in total. The highest BCUT2D eigenvalue weighted by atomic mass is 32.2. The number of nitrogen functional groups attached to an aromatic ring is 1. The van der Waals surface area contributed by atoms with E-state index in [1.165, 1.54) is 0 Å². The van der Waals surface area contributed by atoms with Gasteiger partial charge < -0.3 is 15.8 Å². The van der Waals surface area contributed by atoms with Crippen molar-refractivity contribution in [1.82, 2.24) is 14.8 Å². The van der Waals surface area contributed by atoms with Crippen molar-refractivity contribution in [2.24, 2.45) is 0 Å². The largest absolute Gasteiger partial charge is 0.465 e. The first-order valence-electron chi connectivity index (χ1n) is 8.33. The van der Waals surface area contributed by atoms with Crippen LogP contribution in [0.5, 0.6) is 0 Å². The van der Waals surface area contributed by atoms with Crippen molar-refractivity contribution in [3.05, 3.63) is 29.8 Å². The molecule has 0 aliphatic heterocycles. The maximum absolute atomic E-state index is 12.8. The molecule has 3 N–H and O–H groups in total. The number of thioether (sulfide) groups is 1. The number of anilines is 2. The number of ether oxygens (including phenoxy) is 1. The van der Waals surface area contributed by atoms with Crippen LogP contribution in [-0.2, 0) is 14.3 Å². The van der Waals surface area contributed by atoms with Gasteiger partial charge in [0.15, 0.2) is 5.16 Å². The average Bonchev–Trinajstić information content (AvgIpc) is 2.97. The molecule has 0 saturated carbocycles. The molecule has 0 bridgehead atoms. The Morgan fingerprint density at radius 1 is 1.31 bits per heavy atom. The molecule has 0 fully saturated rings. The van der Waals surface area contributed by atoms with Gasteiger partial charge in [-0.3, -0.25) is 14.2 Å². The number of benzene rings is 1. The first kappa shape index (κ1) is 19.8. The number of aromatic nitrogens is 3.